The van der Waals surface area contributed by atoms with Crippen molar-refractivity contribution in [2.24, 2.45) is 5.41 Å². The number of rotatable bonds is 3. The fourth-order valence-corrected chi connectivity index (χ4v) is 3.15. The van der Waals surface area contributed by atoms with E-state index in [2.05, 4.69) is 85.0 Å². The Labute approximate surface area is 131 Å². The number of nitrogens with one attached hydrogen (secondary N) is 1. The first-order valence-corrected chi connectivity index (χ1v) is 8.28. The molecule has 0 aromatic heterocycles. The van der Waals surface area contributed by atoms with Crippen molar-refractivity contribution in [3.63, 3.8) is 0 Å². The van der Waals surface area contributed by atoms with E-state index >= 15 is 0 Å². The van der Waals surface area contributed by atoms with E-state index in [9.17, 15) is 0 Å². The van der Waals surface area contributed by atoms with Crippen LogP contribution in [0.25, 0.3) is 0 Å². The average molecular weight is 287 g/mol. The number of benzene rings is 1. The molecule has 1 fully saturated rings. The Morgan fingerprint density at radius 2 is 1.38 bits per heavy atom. The van der Waals surface area contributed by atoms with E-state index in [0.29, 0.717) is 0 Å². The lowest BCUT2D eigenvalue weighted by Gasteiger charge is -2.42. The van der Waals surface area contributed by atoms with Crippen molar-refractivity contribution < 1.29 is 0 Å². The van der Waals surface area contributed by atoms with Gasteiger partial charge < -0.3 is 5.32 Å². The van der Waals surface area contributed by atoms with Crippen molar-refractivity contribution in [2.45, 2.75) is 84.7 Å². The molecule has 1 saturated carbocycles. The molecule has 0 aliphatic heterocycles. The maximum Gasteiger partial charge on any atom is 0.0443 e. The number of hydrogen-bond acceptors (Lipinski definition) is 1. The molecule has 0 bridgehead atoms. The molecule has 1 aromatic carbocycles. The second kappa shape index (κ2) is 4.84. The quantitative estimate of drug-likeness (QED) is 0.786. The molecule has 1 aliphatic rings. The van der Waals surface area contributed by atoms with Gasteiger partial charge in [-0.3, -0.25) is 0 Å². The summed E-state index contributed by atoms with van der Waals surface area (Å²) in [6, 6.07) is 9.07. The van der Waals surface area contributed by atoms with E-state index in [1.54, 1.807) is 0 Å². The standard InChI is InChI=1S/C20H33N/c1-17(2,3)19(7,8)15-11-9-10-12-16(15)20(13-14-20)21-18(4,5)6/h9-12,21H,13-14H2,1-8H3. The molecule has 1 heteroatoms. The molecule has 1 aliphatic carbocycles. The summed E-state index contributed by atoms with van der Waals surface area (Å²) < 4.78 is 0. The van der Waals surface area contributed by atoms with Crippen LogP contribution in [-0.2, 0) is 11.0 Å². The van der Waals surface area contributed by atoms with Gasteiger partial charge in [0.05, 0.1) is 0 Å². The van der Waals surface area contributed by atoms with Gasteiger partial charge in [-0.15, -0.1) is 0 Å². The van der Waals surface area contributed by atoms with Crippen LogP contribution in [0.5, 0.6) is 0 Å². The molecule has 0 spiro atoms. The van der Waals surface area contributed by atoms with Crippen LogP contribution >= 0.6 is 0 Å². The molecule has 0 unspecified atom stereocenters. The highest BCUT2D eigenvalue weighted by Crippen LogP contribution is 2.52. The predicted molar refractivity (Wildman–Crippen MR) is 92.7 cm³/mol. The number of hydrogen-bond donors (Lipinski definition) is 1. The van der Waals surface area contributed by atoms with Crippen LogP contribution in [0.15, 0.2) is 24.3 Å². The third kappa shape index (κ3) is 3.18. The Hall–Kier alpha value is -0.820. The Kier molecular flexibility index (Phi) is 3.82. The zero-order valence-corrected chi connectivity index (χ0v) is 15.2. The molecule has 0 amide bonds. The van der Waals surface area contributed by atoms with Crippen LogP contribution in [0.4, 0.5) is 0 Å². The van der Waals surface area contributed by atoms with Gasteiger partial charge in [-0.2, -0.15) is 0 Å². The van der Waals surface area contributed by atoms with Gasteiger partial charge in [-0.25, -0.2) is 0 Å². The van der Waals surface area contributed by atoms with Gasteiger partial charge >= 0.3 is 0 Å². The minimum Gasteiger partial charge on any atom is -0.303 e. The minimum atomic E-state index is 0.148. The first-order valence-electron chi connectivity index (χ1n) is 8.28. The summed E-state index contributed by atoms with van der Waals surface area (Å²) in [5, 5.41) is 3.89. The molecule has 0 saturated heterocycles. The predicted octanol–water partition coefficient (Wildman–Crippen LogP) is 5.39. The molecule has 1 N–H and O–H groups in total. The highest BCUT2D eigenvalue weighted by Gasteiger charge is 2.49. The summed E-state index contributed by atoms with van der Waals surface area (Å²) in [6.45, 7) is 18.6. The third-order valence-corrected chi connectivity index (χ3v) is 5.36. The van der Waals surface area contributed by atoms with Gasteiger partial charge in [0.25, 0.3) is 0 Å². The Balaban J connectivity index is 2.49. The van der Waals surface area contributed by atoms with Crippen LogP contribution in [0, 0.1) is 5.41 Å². The first kappa shape index (κ1) is 16.5. The monoisotopic (exact) mass is 287 g/mol. The first-order chi connectivity index (χ1) is 9.39. The molecular weight excluding hydrogens is 254 g/mol. The molecule has 0 atom stereocenters. The van der Waals surface area contributed by atoms with Gasteiger partial charge in [-0.1, -0.05) is 58.9 Å². The van der Waals surface area contributed by atoms with E-state index in [-0.39, 0.29) is 21.9 Å². The molecule has 118 valence electrons. The second-order valence-corrected chi connectivity index (χ2v) is 9.38. The van der Waals surface area contributed by atoms with E-state index in [4.69, 9.17) is 0 Å². The van der Waals surface area contributed by atoms with Crippen LogP contribution in [0.3, 0.4) is 0 Å². The van der Waals surface area contributed by atoms with Crippen molar-refractivity contribution in [3.8, 4) is 0 Å². The Morgan fingerprint density at radius 1 is 0.857 bits per heavy atom. The van der Waals surface area contributed by atoms with E-state index in [1.165, 1.54) is 24.0 Å². The van der Waals surface area contributed by atoms with E-state index < -0.39 is 0 Å². The van der Waals surface area contributed by atoms with E-state index in [1.807, 2.05) is 0 Å². The zero-order valence-electron chi connectivity index (χ0n) is 15.2. The zero-order chi connectivity index (χ0) is 16.1. The summed E-state index contributed by atoms with van der Waals surface area (Å²) in [6.07, 6.45) is 2.50. The Morgan fingerprint density at radius 3 is 1.81 bits per heavy atom. The van der Waals surface area contributed by atoms with Crippen molar-refractivity contribution in [2.75, 3.05) is 0 Å². The maximum atomic E-state index is 3.89. The molecule has 1 nitrogen and oxygen atoms in total. The fraction of sp³-hybridized carbons (Fsp3) is 0.700. The molecule has 2 rings (SSSR count). The smallest absolute Gasteiger partial charge is 0.0443 e. The molecule has 0 heterocycles. The molecule has 0 radical (unpaired) electrons. The largest absolute Gasteiger partial charge is 0.303 e. The molecule has 21 heavy (non-hydrogen) atoms. The third-order valence-electron chi connectivity index (χ3n) is 5.36. The average Bonchev–Trinajstić information content (AvgIpc) is 3.06. The topological polar surface area (TPSA) is 12.0 Å². The summed E-state index contributed by atoms with van der Waals surface area (Å²) in [4.78, 5) is 0. The highest BCUT2D eigenvalue weighted by molar-refractivity contribution is 5.43. The van der Waals surface area contributed by atoms with Crippen LogP contribution in [0.2, 0.25) is 0 Å². The summed E-state index contributed by atoms with van der Waals surface area (Å²) in [5.74, 6) is 0. The minimum absolute atomic E-state index is 0.148. The van der Waals surface area contributed by atoms with E-state index in [0.717, 1.165) is 0 Å². The van der Waals surface area contributed by atoms with Crippen LogP contribution < -0.4 is 5.32 Å². The lowest BCUT2D eigenvalue weighted by molar-refractivity contribution is 0.221. The molecular formula is C20H33N. The van der Waals surface area contributed by atoms with Gasteiger partial charge in [-0.05, 0) is 55.6 Å². The summed E-state index contributed by atoms with van der Waals surface area (Å²) in [7, 11) is 0. The van der Waals surface area contributed by atoms with Crippen molar-refractivity contribution in [1.82, 2.24) is 5.32 Å². The highest BCUT2D eigenvalue weighted by atomic mass is 15.1. The summed E-state index contributed by atoms with van der Waals surface area (Å²) in [5.41, 5.74) is 3.75. The van der Waals surface area contributed by atoms with Crippen LogP contribution in [0.1, 0.15) is 79.4 Å². The van der Waals surface area contributed by atoms with Gasteiger partial charge in [0, 0.05) is 11.1 Å². The normalized spacial score (nSPS) is 18.7. The SMILES string of the molecule is CC(C)(C)NC1(c2ccccc2C(C)(C)C(C)(C)C)CC1. The Bertz CT molecular complexity index is 507. The van der Waals surface area contributed by atoms with Crippen molar-refractivity contribution in [1.29, 1.82) is 0 Å². The van der Waals surface area contributed by atoms with Crippen molar-refractivity contribution in [3.05, 3.63) is 35.4 Å². The van der Waals surface area contributed by atoms with Crippen molar-refractivity contribution >= 4 is 0 Å². The fourth-order valence-electron chi connectivity index (χ4n) is 3.15. The lowest BCUT2D eigenvalue weighted by Crippen LogP contribution is -2.45. The van der Waals surface area contributed by atoms with Gasteiger partial charge in [0.1, 0.15) is 0 Å². The second-order valence-electron chi connectivity index (χ2n) is 9.38. The van der Waals surface area contributed by atoms with Gasteiger partial charge in [0.15, 0.2) is 0 Å². The van der Waals surface area contributed by atoms with Gasteiger partial charge in [0.2, 0.25) is 0 Å². The maximum absolute atomic E-state index is 3.89. The lowest BCUT2D eigenvalue weighted by atomic mass is 9.63. The van der Waals surface area contributed by atoms with Crippen LogP contribution in [-0.4, -0.2) is 5.54 Å². The molecule has 1 aromatic rings. The summed E-state index contributed by atoms with van der Waals surface area (Å²) >= 11 is 0.